The maximum Gasteiger partial charge on any atom is 0.241 e. The van der Waals surface area contributed by atoms with E-state index < -0.39 is 5.92 Å². The third kappa shape index (κ3) is 3.55. The fourth-order valence-corrected chi connectivity index (χ4v) is 5.58. The lowest BCUT2D eigenvalue weighted by Gasteiger charge is -2.31. The van der Waals surface area contributed by atoms with Gasteiger partial charge in [0.1, 0.15) is 11.5 Å². The van der Waals surface area contributed by atoms with Crippen LogP contribution < -0.4 is 9.64 Å². The topological polar surface area (TPSA) is 42.4 Å². The molecule has 34 heavy (non-hydrogen) atoms. The summed E-state index contributed by atoms with van der Waals surface area (Å²) in [5, 5.41) is 0.708. The molecule has 1 aromatic heterocycles. The smallest absolute Gasteiger partial charge is 0.241 e. The third-order valence-electron chi connectivity index (χ3n) is 6.22. The van der Waals surface area contributed by atoms with E-state index in [0.717, 1.165) is 44.0 Å². The molecule has 0 N–H and O–H groups in total. The lowest BCUT2D eigenvalue weighted by atomic mass is 9.87. The predicted octanol–water partition coefficient (Wildman–Crippen LogP) is 7.08. The van der Waals surface area contributed by atoms with Crippen molar-refractivity contribution in [1.29, 1.82) is 0 Å². The van der Waals surface area contributed by atoms with Crippen molar-refractivity contribution in [1.82, 2.24) is 4.98 Å². The van der Waals surface area contributed by atoms with Crippen LogP contribution in [0.25, 0.3) is 10.2 Å². The molecule has 5 aromatic rings. The number of aryl methyl sites for hydroxylation is 1. The maximum absolute atomic E-state index is 14.4. The number of fused-ring (bicyclic) bond motifs is 3. The van der Waals surface area contributed by atoms with Gasteiger partial charge in [0.05, 0.1) is 22.7 Å². The first-order valence-corrected chi connectivity index (χ1v) is 12.1. The number of amides is 1. The summed E-state index contributed by atoms with van der Waals surface area (Å²) in [5.74, 6) is 0.959. The summed E-state index contributed by atoms with van der Waals surface area (Å²) < 4.78 is 7.22. The van der Waals surface area contributed by atoms with E-state index >= 15 is 0 Å². The summed E-state index contributed by atoms with van der Waals surface area (Å²) in [4.78, 5) is 21.2. The Kier molecular flexibility index (Phi) is 5.12. The molecule has 166 valence electrons. The maximum atomic E-state index is 14.4. The number of nitrogens with zero attached hydrogens (tertiary/aromatic N) is 2. The molecule has 0 saturated carbocycles. The van der Waals surface area contributed by atoms with Crippen LogP contribution in [0, 0.1) is 6.92 Å². The number of thiazole rings is 1. The molecule has 0 saturated heterocycles. The SMILES string of the molecule is Cc1cccc2sc(N(Cc3ccccc3)C(=O)C3c4ccccc4Oc4ccccc43)nc12. The first kappa shape index (κ1) is 20.6. The van der Waals surface area contributed by atoms with E-state index in [2.05, 4.69) is 19.1 Å². The molecule has 0 bridgehead atoms. The van der Waals surface area contributed by atoms with Gasteiger partial charge in [-0.3, -0.25) is 9.69 Å². The fraction of sp³-hybridized carbons (Fsp3) is 0.103. The van der Waals surface area contributed by atoms with Crippen LogP contribution in [-0.4, -0.2) is 10.9 Å². The minimum absolute atomic E-state index is 0.0104. The molecule has 1 aliphatic heterocycles. The summed E-state index contributed by atoms with van der Waals surface area (Å²) in [6.45, 7) is 2.50. The van der Waals surface area contributed by atoms with Crippen molar-refractivity contribution < 1.29 is 9.53 Å². The van der Waals surface area contributed by atoms with Crippen molar-refractivity contribution in [2.24, 2.45) is 0 Å². The number of carbonyl (C=O) groups excluding carboxylic acids is 1. The highest BCUT2D eigenvalue weighted by molar-refractivity contribution is 7.22. The van der Waals surface area contributed by atoms with Gasteiger partial charge in [-0.1, -0.05) is 90.2 Å². The Morgan fingerprint density at radius 1 is 0.853 bits per heavy atom. The average molecular weight is 463 g/mol. The number of hydrogen-bond donors (Lipinski definition) is 0. The van der Waals surface area contributed by atoms with Gasteiger partial charge in [-0.2, -0.15) is 0 Å². The fourth-order valence-electron chi connectivity index (χ4n) is 4.53. The molecule has 0 aliphatic carbocycles. The zero-order valence-electron chi connectivity index (χ0n) is 18.6. The second-order valence-corrected chi connectivity index (χ2v) is 9.45. The first-order chi connectivity index (χ1) is 16.7. The summed E-state index contributed by atoms with van der Waals surface area (Å²) in [6, 6.07) is 31.8. The number of aromatic nitrogens is 1. The highest BCUT2D eigenvalue weighted by Gasteiger charge is 2.36. The van der Waals surface area contributed by atoms with Gasteiger partial charge in [0.2, 0.25) is 5.91 Å². The van der Waals surface area contributed by atoms with E-state index in [1.807, 2.05) is 89.8 Å². The molecular formula is C29H22N2O2S. The van der Waals surface area contributed by atoms with E-state index in [1.54, 1.807) is 11.3 Å². The quantitative estimate of drug-likeness (QED) is 0.287. The summed E-state index contributed by atoms with van der Waals surface area (Å²) >= 11 is 1.56. The minimum atomic E-state index is -0.474. The van der Waals surface area contributed by atoms with Crippen LogP contribution >= 0.6 is 11.3 Å². The molecule has 0 radical (unpaired) electrons. The molecule has 1 aliphatic rings. The molecule has 5 heteroatoms. The van der Waals surface area contributed by atoms with Gasteiger partial charge >= 0.3 is 0 Å². The highest BCUT2D eigenvalue weighted by atomic mass is 32.1. The van der Waals surface area contributed by atoms with Crippen LogP contribution in [0.5, 0.6) is 11.5 Å². The molecule has 0 unspecified atom stereocenters. The van der Waals surface area contributed by atoms with Crippen LogP contribution in [0.2, 0.25) is 0 Å². The molecule has 1 amide bonds. The second-order valence-electron chi connectivity index (χ2n) is 8.44. The number of benzene rings is 4. The van der Waals surface area contributed by atoms with Gasteiger partial charge in [0.15, 0.2) is 5.13 Å². The van der Waals surface area contributed by atoms with E-state index in [0.29, 0.717) is 11.7 Å². The number of hydrogen-bond acceptors (Lipinski definition) is 4. The van der Waals surface area contributed by atoms with Crippen LogP contribution in [-0.2, 0) is 11.3 Å². The molecule has 6 rings (SSSR count). The highest BCUT2D eigenvalue weighted by Crippen LogP contribution is 2.45. The molecule has 0 fully saturated rings. The number of anilines is 1. The van der Waals surface area contributed by atoms with E-state index in [4.69, 9.17) is 9.72 Å². The first-order valence-electron chi connectivity index (χ1n) is 11.3. The normalized spacial score (nSPS) is 12.6. The Morgan fingerprint density at radius 2 is 1.50 bits per heavy atom. The van der Waals surface area contributed by atoms with Gasteiger partial charge in [-0.05, 0) is 36.2 Å². The van der Waals surface area contributed by atoms with Crippen molar-refractivity contribution in [3.05, 3.63) is 119 Å². The van der Waals surface area contributed by atoms with Crippen molar-refractivity contribution >= 4 is 32.6 Å². The molecule has 0 atom stereocenters. The largest absolute Gasteiger partial charge is 0.457 e. The summed E-state index contributed by atoms with van der Waals surface area (Å²) in [5.41, 5.74) is 4.86. The van der Waals surface area contributed by atoms with E-state index in [-0.39, 0.29) is 5.91 Å². The molecule has 4 nitrogen and oxygen atoms in total. The Morgan fingerprint density at radius 3 is 2.18 bits per heavy atom. The van der Waals surface area contributed by atoms with Crippen molar-refractivity contribution in [3.63, 3.8) is 0 Å². The Bertz CT molecular complexity index is 1460. The molecular weight excluding hydrogens is 440 g/mol. The lowest BCUT2D eigenvalue weighted by Crippen LogP contribution is -2.36. The van der Waals surface area contributed by atoms with Crippen LogP contribution in [0.3, 0.4) is 0 Å². The second kappa shape index (κ2) is 8.43. The van der Waals surface area contributed by atoms with Crippen molar-refractivity contribution in [2.75, 3.05) is 4.90 Å². The third-order valence-corrected chi connectivity index (χ3v) is 7.26. The zero-order chi connectivity index (χ0) is 23.1. The van der Waals surface area contributed by atoms with Gasteiger partial charge < -0.3 is 4.74 Å². The number of carbonyl (C=O) groups is 1. The molecule has 2 heterocycles. The van der Waals surface area contributed by atoms with Crippen molar-refractivity contribution in [3.8, 4) is 11.5 Å². The van der Waals surface area contributed by atoms with Crippen LogP contribution in [0.15, 0.2) is 97.1 Å². The van der Waals surface area contributed by atoms with Gasteiger partial charge in [0.25, 0.3) is 0 Å². The average Bonchev–Trinajstić information content (AvgIpc) is 3.31. The Labute approximate surface area is 202 Å². The number of ether oxygens (including phenoxy) is 1. The standard InChI is InChI=1S/C29H22N2O2S/c1-19-10-9-17-25-27(19)30-29(34-25)31(18-20-11-3-2-4-12-20)28(32)26-21-13-5-7-15-23(21)33-24-16-8-6-14-22(24)26/h2-17,26H,18H2,1H3. The predicted molar refractivity (Wildman–Crippen MR) is 137 cm³/mol. The number of rotatable bonds is 4. The van der Waals surface area contributed by atoms with E-state index in [1.165, 1.54) is 0 Å². The summed E-state index contributed by atoms with van der Waals surface area (Å²) in [7, 11) is 0. The molecule has 4 aromatic carbocycles. The Hall–Kier alpha value is -3.96. The van der Waals surface area contributed by atoms with Gasteiger partial charge in [-0.25, -0.2) is 4.98 Å². The molecule has 0 spiro atoms. The zero-order valence-corrected chi connectivity index (χ0v) is 19.5. The monoisotopic (exact) mass is 462 g/mol. The van der Waals surface area contributed by atoms with Crippen molar-refractivity contribution in [2.45, 2.75) is 19.4 Å². The van der Waals surface area contributed by atoms with Gasteiger partial charge in [-0.15, -0.1) is 0 Å². The van der Waals surface area contributed by atoms with E-state index in [9.17, 15) is 4.79 Å². The van der Waals surface area contributed by atoms with Crippen LogP contribution in [0.4, 0.5) is 5.13 Å². The lowest BCUT2D eigenvalue weighted by molar-refractivity contribution is -0.119. The van der Waals surface area contributed by atoms with Gasteiger partial charge in [0, 0.05) is 11.1 Å². The Balaban J connectivity index is 1.50. The minimum Gasteiger partial charge on any atom is -0.457 e. The number of para-hydroxylation sites is 3. The summed E-state index contributed by atoms with van der Waals surface area (Å²) in [6.07, 6.45) is 0. The van der Waals surface area contributed by atoms with Crippen LogP contribution in [0.1, 0.15) is 28.2 Å².